The molecule has 0 amide bonds. The SMILES string of the molecule is CC(C)(C)C1CCC(OC(=S)Nc2ccccc2)CC1. The molecule has 2 nitrogen and oxygen atoms in total. The highest BCUT2D eigenvalue weighted by molar-refractivity contribution is 7.80. The Bertz CT molecular complexity index is 430. The van der Waals surface area contributed by atoms with Crippen molar-refractivity contribution >= 4 is 23.1 Å². The number of hydrogen-bond donors (Lipinski definition) is 1. The van der Waals surface area contributed by atoms with Crippen molar-refractivity contribution in [1.82, 2.24) is 0 Å². The van der Waals surface area contributed by atoms with Crippen molar-refractivity contribution in [2.24, 2.45) is 11.3 Å². The second-order valence-electron chi connectivity index (χ2n) is 6.74. The third kappa shape index (κ3) is 4.48. The van der Waals surface area contributed by atoms with E-state index in [0.717, 1.165) is 24.4 Å². The molecule has 2 rings (SSSR count). The fourth-order valence-electron chi connectivity index (χ4n) is 2.87. The van der Waals surface area contributed by atoms with Crippen LogP contribution in [0, 0.1) is 11.3 Å². The molecular weight excluding hydrogens is 266 g/mol. The van der Waals surface area contributed by atoms with Crippen molar-refractivity contribution in [3.05, 3.63) is 30.3 Å². The zero-order valence-electron chi connectivity index (χ0n) is 12.7. The minimum absolute atomic E-state index is 0.275. The second-order valence-corrected chi connectivity index (χ2v) is 7.11. The minimum Gasteiger partial charge on any atom is -0.468 e. The number of benzene rings is 1. The molecule has 20 heavy (non-hydrogen) atoms. The van der Waals surface area contributed by atoms with Crippen molar-refractivity contribution < 1.29 is 4.74 Å². The molecule has 110 valence electrons. The fourth-order valence-corrected chi connectivity index (χ4v) is 3.12. The van der Waals surface area contributed by atoms with Crippen LogP contribution in [0.3, 0.4) is 0 Å². The molecule has 1 aliphatic rings. The molecule has 0 aliphatic heterocycles. The van der Waals surface area contributed by atoms with Gasteiger partial charge in [-0.3, -0.25) is 0 Å². The van der Waals surface area contributed by atoms with Crippen LogP contribution in [-0.4, -0.2) is 11.3 Å². The monoisotopic (exact) mass is 291 g/mol. The summed E-state index contributed by atoms with van der Waals surface area (Å²) in [6.45, 7) is 7.00. The molecule has 1 fully saturated rings. The maximum Gasteiger partial charge on any atom is 0.261 e. The molecule has 0 aromatic heterocycles. The van der Waals surface area contributed by atoms with Crippen LogP contribution in [0.25, 0.3) is 0 Å². The van der Waals surface area contributed by atoms with Crippen LogP contribution >= 0.6 is 12.2 Å². The summed E-state index contributed by atoms with van der Waals surface area (Å²) in [6, 6.07) is 9.94. The van der Waals surface area contributed by atoms with Gasteiger partial charge >= 0.3 is 0 Å². The zero-order chi connectivity index (χ0) is 14.6. The highest BCUT2D eigenvalue weighted by Gasteiger charge is 2.30. The highest BCUT2D eigenvalue weighted by Crippen LogP contribution is 2.38. The topological polar surface area (TPSA) is 21.3 Å². The van der Waals surface area contributed by atoms with Crippen molar-refractivity contribution in [2.45, 2.75) is 52.6 Å². The van der Waals surface area contributed by atoms with Crippen LogP contribution in [0.15, 0.2) is 30.3 Å². The predicted octanol–water partition coefficient (Wildman–Crippen LogP) is 5.00. The number of nitrogens with one attached hydrogen (secondary N) is 1. The van der Waals surface area contributed by atoms with Gasteiger partial charge in [-0.15, -0.1) is 0 Å². The lowest BCUT2D eigenvalue weighted by Gasteiger charge is -2.36. The number of anilines is 1. The molecule has 0 heterocycles. The first-order valence-corrected chi connectivity index (χ1v) is 7.88. The van der Waals surface area contributed by atoms with Gasteiger partial charge in [-0.1, -0.05) is 39.0 Å². The first kappa shape index (κ1) is 15.3. The molecule has 0 saturated heterocycles. The summed E-state index contributed by atoms with van der Waals surface area (Å²) in [6.07, 6.45) is 4.97. The third-order valence-electron chi connectivity index (χ3n) is 4.19. The molecule has 0 bridgehead atoms. The number of ether oxygens (including phenoxy) is 1. The number of thiocarbonyl (C=S) groups is 1. The van der Waals surface area contributed by atoms with Gasteiger partial charge in [-0.2, -0.15) is 0 Å². The van der Waals surface area contributed by atoms with E-state index in [2.05, 4.69) is 26.1 Å². The molecule has 0 spiro atoms. The highest BCUT2D eigenvalue weighted by atomic mass is 32.1. The average molecular weight is 291 g/mol. The molecule has 1 aliphatic carbocycles. The lowest BCUT2D eigenvalue weighted by Crippen LogP contribution is -2.31. The van der Waals surface area contributed by atoms with Gasteiger partial charge in [0.2, 0.25) is 0 Å². The van der Waals surface area contributed by atoms with Crippen LogP contribution in [0.5, 0.6) is 0 Å². The number of rotatable bonds is 2. The van der Waals surface area contributed by atoms with Gasteiger partial charge < -0.3 is 10.1 Å². The summed E-state index contributed by atoms with van der Waals surface area (Å²) in [7, 11) is 0. The van der Waals surface area contributed by atoms with Crippen LogP contribution in [0.1, 0.15) is 46.5 Å². The fraction of sp³-hybridized carbons (Fsp3) is 0.588. The van der Waals surface area contributed by atoms with Gasteiger partial charge in [0.05, 0.1) is 0 Å². The van der Waals surface area contributed by atoms with Crippen molar-refractivity contribution in [1.29, 1.82) is 0 Å². The molecule has 1 aromatic carbocycles. The standard InChI is InChI=1S/C17H25NOS/c1-17(2,3)13-9-11-15(12-10-13)19-16(20)18-14-7-5-4-6-8-14/h4-8,13,15H,9-12H2,1-3H3,(H,18,20). The Hall–Kier alpha value is -1.09. The largest absolute Gasteiger partial charge is 0.468 e. The Morgan fingerprint density at radius 3 is 2.25 bits per heavy atom. The van der Waals surface area contributed by atoms with Crippen molar-refractivity contribution in [2.75, 3.05) is 5.32 Å². The summed E-state index contributed by atoms with van der Waals surface area (Å²) in [4.78, 5) is 0. The van der Waals surface area contributed by atoms with Gasteiger partial charge in [0.1, 0.15) is 6.10 Å². The Kier molecular flexibility index (Phi) is 5.03. The van der Waals surface area contributed by atoms with E-state index in [-0.39, 0.29) is 6.10 Å². The van der Waals surface area contributed by atoms with Gasteiger partial charge in [0.15, 0.2) is 0 Å². The molecule has 0 atom stereocenters. The van der Waals surface area contributed by atoms with Crippen LogP contribution < -0.4 is 5.32 Å². The average Bonchev–Trinajstić information content (AvgIpc) is 2.39. The summed E-state index contributed by atoms with van der Waals surface area (Å²) in [5.41, 5.74) is 1.40. The molecule has 1 N–H and O–H groups in total. The van der Waals surface area contributed by atoms with Crippen LogP contribution in [0.2, 0.25) is 0 Å². The maximum absolute atomic E-state index is 5.88. The third-order valence-corrected chi connectivity index (χ3v) is 4.39. The van der Waals surface area contributed by atoms with E-state index in [1.807, 2.05) is 30.3 Å². The lowest BCUT2D eigenvalue weighted by atomic mass is 9.72. The summed E-state index contributed by atoms with van der Waals surface area (Å²) < 4.78 is 5.88. The molecule has 1 aromatic rings. The van der Waals surface area contributed by atoms with Gasteiger partial charge in [-0.25, -0.2) is 0 Å². The Balaban J connectivity index is 1.77. The van der Waals surface area contributed by atoms with E-state index in [0.29, 0.717) is 10.6 Å². The quantitative estimate of drug-likeness (QED) is 0.774. The van der Waals surface area contributed by atoms with E-state index in [1.54, 1.807) is 0 Å². The van der Waals surface area contributed by atoms with Crippen molar-refractivity contribution in [3.63, 3.8) is 0 Å². The molecule has 0 radical (unpaired) electrons. The van der Waals surface area contributed by atoms with E-state index in [1.165, 1.54) is 12.8 Å². The number of hydrogen-bond acceptors (Lipinski definition) is 2. The lowest BCUT2D eigenvalue weighted by molar-refractivity contribution is 0.0832. The number of para-hydroxylation sites is 1. The molecule has 3 heteroatoms. The van der Waals surface area contributed by atoms with Gasteiger partial charge in [0, 0.05) is 5.69 Å². The van der Waals surface area contributed by atoms with Gasteiger partial charge in [0.25, 0.3) is 5.17 Å². The first-order chi connectivity index (χ1) is 9.45. The Morgan fingerprint density at radius 2 is 1.70 bits per heavy atom. The van der Waals surface area contributed by atoms with Crippen LogP contribution in [0.4, 0.5) is 5.69 Å². The Labute approximate surface area is 127 Å². The second kappa shape index (κ2) is 6.57. The summed E-state index contributed by atoms with van der Waals surface area (Å²) in [5, 5.41) is 3.64. The minimum atomic E-state index is 0.275. The zero-order valence-corrected chi connectivity index (χ0v) is 13.5. The van der Waals surface area contributed by atoms with E-state index in [9.17, 15) is 0 Å². The van der Waals surface area contributed by atoms with E-state index in [4.69, 9.17) is 17.0 Å². The predicted molar refractivity (Wildman–Crippen MR) is 88.9 cm³/mol. The maximum atomic E-state index is 5.88. The Morgan fingerprint density at radius 1 is 1.10 bits per heavy atom. The van der Waals surface area contributed by atoms with Gasteiger partial charge in [-0.05, 0) is 61.4 Å². The summed E-state index contributed by atoms with van der Waals surface area (Å²) >= 11 is 5.29. The van der Waals surface area contributed by atoms with Crippen molar-refractivity contribution in [3.8, 4) is 0 Å². The normalized spacial score (nSPS) is 23.1. The van der Waals surface area contributed by atoms with E-state index >= 15 is 0 Å². The molecular formula is C17H25NOS. The molecule has 0 unspecified atom stereocenters. The first-order valence-electron chi connectivity index (χ1n) is 7.48. The van der Waals surface area contributed by atoms with E-state index < -0.39 is 0 Å². The molecule has 1 saturated carbocycles. The smallest absolute Gasteiger partial charge is 0.261 e. The summed E-state index contributed by atoms with van der Waals surface area (Å²) in [5.74, 6) is 0.804. The van der Waals surface area contributed by atoms with Crippen LogP contribution in [-0.2, 0) is 4.74 Å².